The van der Waals surface area contributed by atoms with Crippen molar-refractivity contribution in [3.8, 4) is 0 Å². The van der Waals surface area contributed by atoms with Gasteiger partial charge < -0.3 is 5.11 Å². The Balaban J connectivity index is 4.65. The molecule has 4 heteroatoms. The maximum Gasteiger partial charge on any atom is 0.312 e. The molecule has 0 rings (SSSR count). The summed E-state index contributed by atoms with van der Waals surface area (Å²) >= 11 is 0. The van der Waals surface area contributed by atoms with Gasteiger partial charge in [0.1, 0.15) is 6.10 Å². The van der Waals surface area contributed by atoms with Crippen molar-refractivity contribution in [1.29, 1.82) is 0 Å². The van der Waals surface area contributed by atoms with Gasteiger partial charge in [-0.05, 0) is 40.0 Å². The lowest BCUT2D eigenvalue weighted by molar-refractivity contribution is -0.389. The zero-order valence-corrected chi connectivity index (χ0v) is 12.7. The summed E-state index contributed by atoms with van der Waals surface area (Å²) in [6.07, 6.45) is 1.35. The molecular formula is C14H28O4. The summed E-state index contributed by atoms with van der Waals surface area (Å²) in [5.41, 5.74) is -1.35. The topological polar surface area (TPSA) is 55.8 Å². The Morgan fingerprint density at radius 1 is 1.22 bits per heavy atom. The molecule has 4 nitrogen and oxygen atoms in total. The third-order valence-corrected chi connectivity index (χ3v) is 3.77. The highest BCUT2D eigenvalue weighted by molar-refractivity contribution is 5.75. The molecule has 0 radical (unpaired) electrons. The lowest BCUT2D eigenvalue weighted by Crippen LogP contribution is -2.45. The Labute approximate surface area is 111 Å². The van der Waals surface area contributed by atoms with E-state index in [1.54, 1.807) is 13.8 Å². The van der Waals surface area contributed by atoms with Gasteiger partial charge in [0, 0.05) is 0 Å². The van der Waals surface area contributed by atoms with Crippen LogP contribution >= 0.6 is 0 Å². The van der Waals surface area contributed by atoms with Crippen LogP contribution in [-0.2, 0) is 14.6 Å². The molecule has 0 aliphatic heterocycles. The largest absolute Gasteiger partial charge is 0.481 e. The maximum atomic E-state index is 11.4. The van der Waals surface area contributed by atoms with E-state index in [0.29, 0.717) is 0 Å². The Morgan fingerprint density at radius 3 is 2.06 bits per heavy atom. The SMILES string of the molecule is CCCC(C)(C)OOC(C)C(C)(C(=O)O)C(C)C. The second-order valence-corrected chi connectivity index (χ2v) is 6.07. The smallest absolute Gasteiger partial charge is 0.312 e. The summed E-state index contributed by atoms with van der Waals surface area (Å²) in [4.78, 5) is 22.2. The minimum atomic E-state index is -0.956. The number of rotatable bonds is 8. The Bertz CT molecular complexity index is 273. The Hall–Kier alpha value is -0.610. The average Bonchev–Trinajstić information content (AvgIpc) is 2.24. The van der Waals surface area contributed by atoms with Gasteiger partial charge in [-0.15, -0.1) is 0 Å². The molecule has 0 saturated heterocycles. The number of aliphatic carboxylic acids is 1. The second-order valence-electron chi connectivity index (χ2n) is 6.07. The second kappa shape index (κ2) is 6.53. The molecule has 0 aromatic heterocycles. The standard InChI is InChI=1S/C14H28O4/c1-8-9-13(5,6)18-17-11(4)14(7,10(2)3)12(15)16/h10-11H,8-9H2,1-7H3,(H,15,16). The van der Waals surface area contributed by atoms with Crippen LogP contribution in [0.4, 0.5) is 0 Å². The monoisotopic (exact) mass is 260 g/mol. The molecule has 108 valence electrons. The van der Waals surface area contributed by atoms with E-state index in [2.05, 4.69) is 6.92 Å². The first-order valence-electron chi connectivity index (χ1n) is 6.65. The highest BCUT2D eigenvalue weighted by Crippen LogP contribution is 2.34. The van der Waals surface area contributed by atoms with Crippen molar-refractivity contribution < 1.29 is 19.7 Å². The zero-order valence-electron chi connectivity index (χ0n) is 12.7. The number of hydrogen-bond donors (Lipinski definition) is 1. The third-order valence-electron chi connectivity index (χ3n) is 3.77. The van der Waals surface area contributed by atoms with Crippen molar-refractivity contribution >= 4 is 5.97 Å². The fourth-order valence-electron chi connectivity index (χ4n) is 1.84. The summed E-state index contributed by atoms with van der Waals surface area (Å²) in [6.45, 7) is 13.2. The van der Waals surface area contributed by atoms with E-state index >= 15 is 0 Å². The first kappa shape index (κ1) is 17.4. The summed E-state index contributed by atoms with van der Waals surface area (Å²) in [5.74, 6) is -0.898. The van der Waals surface area contributed by atoms with Gasteiger partial charge in [0.25, 0.3) is 0 Å². The van der Waals surface area contributed by atoms with Gasteiger partial charge in [0.2, 0.25) is 0 Å². The van der Waals surface area contributed by atoms with Crippen LogP contribution in [0.1, 0.15) is 61.3 Å². The van der Waals surface area contributed by atoms with Crippen LogP contribution in [0.15, 0.2) is 0 Å². The van der Waals surface area contributed by atoms with Crippen molar-refractivity contribution in [3.63, 3.8) is 0 Å². The van der Waals surface area contributed by atoms with Crippen molar-refractivity contribution in [2.45, 2.75) is 73.0 Å². The first-order valence-corrected chi connectivity index (χ1v) is 6.65. The van der Waals surface area contributed by atoms with E-state index in [9.17, 15) is 9.90 Å². The lowest BCUT2D eigenvalue weighted by Gasteiger charge is -2.35. The molecule has 0 aliphatic carbocycles. The van der Waals surface area contributed by atoms with Crippen LogP contribution < -0.4 is 0 Å². The predicted molar refractivity (Wildman–Crippen MR) is 71.2 cm³/mol. The molecule has 0 aromatic carbocycles. The van der Waals surface area contributed by atoms with Crippen molar-refractivity contribution in [2.75, 3.05) is 0 Å². The summed E-state index contributed by atoms with van der Waals surface area (Å²) in [5, 5.41) is 9.37. The van der Waals surface area contributed by atoms with Crippen LogP contribution in [0.3, 0.4) is 0 Å². The molecule has 18 heavy (non-hydrogen) atoms. The molecule has 1 N–H and O–H groups in total. The van der Waals surface area contributed by atoms with Crippen molar-refractivity contribution in [2.24, 2.45) is 11.3 Å². The van der Waals surface area contributed by atoms with Gasteiger partial charge in [-0.3, -0.25) is 4.79 Å². The summed E-state index contributed by atoms with van der Waals surface area (Å²) in [6, 6.07) is 0. The minimum Gasteiger partial charge on any atom is -0.481 e. The Kier molecular flexibility index (Phi) is 6.30. The van der Waals surface area contributed by atoms with Gasteiger partial charge in [0.15, 0.2) is 0 Å². The van der Waals surface area contributed by atoms with Crippen molar-refractivity contribution in [1.82, 2.24) is 0 Å². The van der Waals surface area contributed by atoms with E-state index in [1.165, 1.54) is 0 Å². The quantitative estimate of drug-likeness (QED) is 0.534. The number of carbonyl (C=O) groups is 1. The fraction of sp³-hybridized carbons (Fsp3) is 0.929. The van der Waals surface area contributed by atoms with Gasteiger partial charge in [-0.2, -0.15) is 0 Å². The van der Waals surface area contributed by atoms with Crippen LogP contribution in [0.25, 0.3) is 0 Å². The van der Waals surface area contributed by atoms with Crippen molar-refractivity contribution in [3.05, 3.63) is 0 Å². The van der Waals surface area contributed by atoms with Crippen LogP contribution in [0.5, 0.6) is 0 Å². The van der Waals surface area contributed by atoms with E-state index < -0.39 is 17.5 Å². The molecule has 0 aromatic rings. The average molecular weight is 260 g/mol. The molecule has 0 spiro atoms. The summed E-state index contributed by atoms with van der Waals surface area (Å²) < 4.78 is 0. The van der Waals surface area contributed by atoms with Gasteiger partial charge >= 0.3 is 5.97 Å². The van der Waals surface area contributed by atoms with E-state index in [-0.39, 0.29) is 11.5 Å². The van der Waals surface area contributed by atoms with Gasteiger partial charge in [0.05, 0.1) is 11.0 Å². The van der Waals surface area contributed by atoms with Crippen LogP contribution in [0, 0.1) is 11.3 Å². The minimum absolute atomic E-state index is 0.0390. The number of carboxylic acid groups (broad SMARTS) is 1. The van der Waals surface area contributed by atoms with Gasteiger partial charge in [-0.25, -0.2) is 9.78 Å². The molecule has 0 bridgehead atoms. The molecule has 0 amide bonds. The zero-order chi connectivity index (χ0) is 14.6. The normalized spacial score (nSPS) is 17.6. The molecule has 2 unspecified atom stereocenters. The highest BCUT2D eigenvalue weighted by Gasteiger charge is 2.44. The van der Waals surface area contributed by atoms with E-state index in [4.69, 9.17) is 9.78 Å². The lowest BCUT2D eigenvalue weighted by atomic mass is 9.75. The Morgan fingerprint density at radius 2 is 1.72 bits per heavy atom. The predicted octanol–water partition coefficient (Wildman–Crippen LogP) is 3.65. The molecule has 0 aliphatic rings. The highest BCUT2D eigenvalue weighted by atomic mass is 17.2. The maximum absolute atomic E-state index is 11.4. The third kappa shape index (κ3) is 4.25. The van der Waals surface area contributed by atoms with E-state index in [1.807, 2.05) is 27.7 Å². The number of hydrogen-bond acceptors (Lipinski definition) is 3. The van der Waals surface area contributed by atoms with Crippen LogP contribution in [0.2, 0.25) is 0 Å². The molecule has 0 fully saturated rings. The van der Waals surface area contributed by atoms with Gasteiger partial charge in [-0.1, -0.05) is 27.2 Å². The summed E-state index contributed by atoms with van der Waals surface area (Å²) in [7, 11) is 0. The molecule has 0 saturated carbocycles. The molecule has 2 atom stereocenters. The number of carboxylic acids is 1. The molecule has 0 heterocycles. The van der Waals surface area contributed by atoms with Crippen LogP contribution in [-0.4, -0.2) is 22.8 Å². The molecular weight excluding hydrogens is 232 g/mol. The van der Waals surface area contributed by atoms with E-state index in [0.717, 1.165) is 12.8 Å². The first-order chi connectivity index (χ1) is 8.08. The fourth-order valence-corrected chi connectivity index (χ4v) is 1.84.